The summed E-state index contributed by atoms with van der Waals surface area (Å²) in [5.74, 6) is 2.21. The Morgan fingerprint density at radius 1 is 1.44 bits per heavy atom. The Morgan fingerprint density at radius 3 is 2.83 bits per heavy atom. The van der Waals surface area contributed by atoms with Crippen LogP contribution < -0.4 is 15.4 Å². The van der Waals surface area contributed by atoms with Crippen LogP contribution in [0.15, 0.2) is 24.5 Å². The molecule has 0 amide bonds. The molecule has 18 heavy (non-hydrogen) atoms. The van der Waals surface area contributed by atoms with Gasteiger partial charge < -0.3 is 19.9 Å². The first kappa shape index (κ1) is 12.2. The molecule has 2 aromatic rings. The highest BCUT2D eigenvalue weighted by atomic mass is 16.5. The summed E-state index contributed by atoms with van der Waals surface area (Å²) < 4.78 is 7.09. The Morgan fingerprint density at radius 2 is 2.22 bits per heavy atom. The van der Waals surface area contributed by atoms with Crippen molar-refractivity contribution in [2.45, 2.75) is 6.54 Å². The number of pyridine rings is 1. The summed E-state index contributed by atoms with van der Waals surface area (Å²) in [5, 5.41) is 0. The lowest BCUT2D eigenvalue weighted by Crippen LogP contribution is -2.20. The molecule has 0 aliphatic heterocycles. The molecule has 0 atom stereocenters. The quantitative estimate of drug-likeness (QED) is 0.874. The van der Waals surface area contributed by atoms with Gasteiger partial charge in [0.15, 0.2) is 0 Å². The maximum Gasteiger partial charge on any atom is 0.238 e. The fourth-order valence-corrected chi connectivity index (χ4v) is 1.66. The standard InChI is InChI=1S/C12H17N5O/c1-16-7-6-14-11(16)8-17(2)10-5-4-9(13)12(15-10)18-3/h4-7H,8,13H2,1-3H3. The minimum Gasteiger partial charge on any atom is -0.479 e. The topological polar surface area (TPSA) is 69.2 Å². The van der Waals surface area contributed by atoms with Crippen LogP contribution in [0.1, 0.15) is 5.82 Å². The SMILES string of the molecule is COc1nc(N(C)Cc2nccn2C)ccc1N. The predicted octanol–water partition coefficient (Wildman–Crippen LogP) is 1.04. The van der Waals surface area contributed by atoms with E-state index >= 15 is 0 Å². The Bertz CT molecular complexity index is 537. The third kappa shape index (κ3) is 2.37. The highest BCUT2D eigenvalue weighted by Gasteiger charge is 2.09. The van der Waals surface area contributed by atoms with Gasteiger partial charge in [0, 0.05) is 26.5 Å². The number of aryl methyl sites for hydroxylation is 1. The zero-order valence-electron chi connectivity index (χ0n) is 10.8. The number of hydrogen-bond acceptors (Lipinski definition) is 5. The second-order valence-corrected chi connectivity index (χ2v) is 4.08. The normalized spacial score (nSPS) is 10.4. The number of nitrogen functional groups attached to an aromatic ring is 1. The first-order chi connectivity index (χ1) is 8.61. The summed E-state index contributed by atoms with van der Waals surface area (Å²) in [6.07, 6.45) is 3.69. The average Bonchev–Trinajstić information content (AvgIpc) is 2.75. The molecule has 0 fully saturated rings. The molecule has 6 heteroatoms. The summed E-state index contributed by atoms with van der Waals surface area (Å²) >= 11 is 0. The number of ether oxygens (including phenoxy) is 1. The molecule has 0 spiro atoms. The molecule has 2 N–H and O–H groups in total. The number of nitrogens with two attached hydrogens (primary N) is 1. The highest BCUT2D eigenvalue weighted by Crippen LogP contribution is 2.22. The molecule has 0 aliphatic rings. The van der Waals surface area contributed by atoms with E-state index in [4.69, 9.17) is 10.5 Å². The van der Waals surface area contributed by atoms with Crippen LogP contribution in [-0.2, 0) is 13.6 Å². The third-order valence-electron chi connectivity index (χ3n) is 2.76. The van der Waals surface area contributed by atoms with E-state index in [0.717, 1.165) is 11.6 Å². The number of aromatic nitrogens is 3. The first-order valence-electron chi connectivity index (χ1n) is 5.59. The number of anilines is 2. The highest BCUT2D eigenvalue weighted by molar-refractivity contribution is 5.54. The predicted molar refractivity (Wildman–Crippen MR) is 70.5 cm³/mol. The van der Waals surface area contributed by atoms with Crippen LogP contribution in [-0.4, -0.2) is 28.7 Å². The third-order valence-corrected chi connectivity index (χ3v) is 2.76. The van der Waals surface area contributed by atoms with Crippen LogP contribution in [0.2, 0.25) is 0 Å². The van der Waals surface area contributed by atoms with Crippen molar-refractivity contribution < 1.29 is 4.74 Å². The Kier molecular flexibility index (Phi) is 3.36. The van der Waals surface area contributed by atoms with Crippen molar-refractivity contribution in [3.8, 4) is 5.88 Å². The molecule has 2 heterocycles. The van der Waals surface area contributed by atoms with E-state index in [2.05, 4.69) is 9.97 Å². The van der Waals surface area contributed by atoms with Crippen molar-refractivity contribution in [1.82, 2.24) is 14.5 Å². The first-order valence-corrected chi connectivity index (χ1v) is 5.59. The van der Waals surface area contributed by atoms with Crippen LogP contribution >= 0.6 is 0 Å². The van der Waals surface area contributed by atoms with Crippen molar-refractivity contribution in [3.63, 3.8) is 0 Å². The second kappa shape index (κ2) is 4.95. The van der Waals surface area contributed by atoms with Gasteiger partial charge in [-0.25, -0.2) is 4.98 Å². The van der Waals surface area contributed by atoms with Crippen LogP contribution in [0.5, 0.6) is 5.88 Å². The minimum atomic E-state index is 0.444. The molecule has 0 aromatic carbocycles. The monoisotopic (exact) mass is 247 g/mol. The van der Waals surface area contributed by atoms with Crippen molar-refractivity contribution >= 4 is 11.5 Å². The van der Waals surface area contributed by atoms with Gasteiger partial charge >= 0.3 is 0 Å². The molecule has 0 radical (unpaired) electrons. The largest absolute Gasteiger partial charge is 0.479 e. The summed E-state index contributed by atoms with van der Waals surface area (Å²) in [7, 11) is 5.47. The van der Waals surface area contributed by atoms with E-state index in [0.29, 0.717) is 18.1 Å². The molecule has 2 rings (SSSR count). The van der Waals surface area contributed by atoms with E-state index in [-0.39, 0.29) is 0 Å². The van der Waals surface area contributed by atoms with Gasteiger partial charge in [0.1, 0.15) is 11.6 Å². The van der Waals surface area contributed by atoms with E-state index in [1.165, 1.54) is 0 Å². The van der Waals surface area contributed by atoms with Crippen LogP contribution in [0, 0.1) is 0 Å². The number of imidazole rings is 1. The lowest BCUT2D eigenvalue weighted by atomic mass is 10.3. The summed E-state index contributed by atoms with van der Waals surface area (Å²) in [4.78, 5) is 10.6. The number of hydrogen-bond donors (Lipinski definition) is 1. The molecular weight excluding hydrogens is 230 g/mol. The Labute approximate surface area is 106 Å². The number of rotatable bonds is 4. The molecule has 96 valence electrons. The van der Waals surface area contributed by atoms with Gasteiger partial charge in [0.25, 0.3) is 0 Å². The summed E-state index contributed by atoms with van der Waals surface area (Å²) in [5.41, 5.74) is 6.27. The fourth-order valence-electron chi connectivity index (χ4n) is 1.66. The van der Waals surface area contributed by atoms with Gasteiger partial charge in [-0.05, 0) is 12.1 Å². The molecule has 0 aliphatic carbocycles. The van der Waals surface area contributed by atoms with Crippen LogP contribution in [0.25, 0.3) is 0 Å². The smallest absolute Gasteiger partial charge is 0.238 e. The molecule has 6 nitrogen and oxygen atoms in total. The second-order valence-electron chi connectivity index (χ2n) is 4.08. The maximum absolute atomic E-state index is 5.74. The van der Waals surface area contributed by atoms with Gasteiger partial charge in [-0.2, -0.15) is 4.98 Å². The molecule has 0 bridgehead atoms. The fraction of sp³-hybridized carbons (Fsp3) is 0.333. The molecule has 2 aromatic heterocycles. The lowest BCUT2D eigenvalue weighted by Gasteiger charge is -2.18. The van der Waals surface area contributed by atoms with E-state index < -0.39 is 0 Å². The van der Waals surface area contributed by atoms with Gasteiger partial charge in [-0.15, -0.1) is 0 Å². The lowest BCUT2D eigenvalue weighted by molar-refractivity contribution is 0.400. The summed E-state index contributed by atoms with van der Waals surface area (Å²) in [6.45, 7) is 0.670. The Hall–Kier alpha value is -2.24. The Balaban J connectivity index is 2.18. The molecule has 0 saturated heterocycles. The summed E-state index contributed by atoms with van der Waals surface area (Å²) in [6, 6.07) is 3.65. The molecular formula is C12H17N5O. The van der Waals surface area contributed by atoms with Gasteiger partial charge in [-0.3, -0.25) is 0 Å². The maximum atomic E-state index is 5.74. The number of nitrogens with zero attached hydrogens (tertiary/aromatic N) is 4. The van der Waals surface area contributed by atoms with E-state index in [9.17, 15) is 0 Å². The van der Waals surface area contributed by atoms with E-state index in [1.807, 2.05) is 35.8 Å². The number of methoxy groups -OCH3 is 1. The van der Waals surface area contributed by atoms with Crippen LogP contribution in [0.4, 0.5) is 11.5 Å². The zero-order chi connectivity index (χ0) is 13.1. The van der Waals surface area contributed by atoms with Gasteiger partial charge in [0.05, 0.1) is 19.3 Å². The van der Waals surface area contributed by atoms with Crippen molar-refractivity contribution in [3.05, 3.63) is 30.4 Å². The molecule has 0 saturated carbocycles. The van der Waals surface area contributed by atoms with Crippen molar-refractivity contribution in [2.75, 3.05) is 24.8 Å². The van der Waals surface area contributed by atoms with Gasteiger partial charge in [0.2, 0.25) is 5.88 Å². The van der Waals surface area contributed by atoms with Crippen molar-refractivity contribution in [2.24, 2.45) is 7.05 Å². The van der Waals surface area contributed by atoms with Crippen molar-refractivity contribution in [1.29, 1.82) is 0 Å². The van der Waals surface area contributed by atoms with E-state index in [1.54, 1.807) is 19.4 Å². The average molecular weight is 247 g/mol. The minimum absolute atomic E-state index is 0.444. The zero-order valence-corrected chi connectivity index (χ0v) is 10.8. The van der Waals surface area contributed by atoms with Gasteiger partial charge in [-0.1, -0.05) is 0 Å². The molecule has 0 unspecified atom stereocenters. The van der Waals surface area contributed by atoms with Crippen LogP contribution in [0.3, 0.4) is 0 Å².